The summed E-state index contributed by atoms with van der Waals surface area (Å²) in [4.78, 5) is 4.20. The van der Waals surface area contributed by atoms with Gasteiger partial charge in [-0.05, 0) is 60.2 Å². The van der Waals surface area contributed by atoms with Gasteiger partial charge in [-0.1, -0.05) is 60.7 Å². The number of phenolic OH excluding ortho intramolecular Hbond substituents is 1. The van der Waals surface area contributed by atoms with Crippen LogP contribution in [0.5, 0.6) is 11.5 Å². The van der Waals surface area contributed by atoms with Crippen LogP contribution < -0.4 is 16.2 Å². The number of nitrogens with two attached hydrogens (primary N) is 2. The molecule has 0 aliphatic carbocycles. The summed E-state index contributed by atoms with van der Waals surface area (Å²) in [6.07, 6.45) is 2.19. The van der Waals surface area contributed by atoms with Crippen molar-refractivity contribution in [2.24, 2.45) is 22.4 Å². The van der Waals surface area contributed by atoms with Gasteiger partial charge in [0.05, 0.1) is 11.4 Å². The van der Waals surface area contributed by atoms with Crippen LogP contribution in [0.4, 0.5) is 0 Å². The smallest absolute Gasteiger partial charge is 0.268 e. The number of allylic oxidation sites excluding steroid dienone is 1. The number of aromatic hydroxyl groups is 1. The van der Waals surface area contributed by atoms with Gasteiger partial charge in [0.1, 0.15) is 11.5 Å². The van der Waals surface area contributed by atoms with E-state index in [9.17, 15) is 23.2 Å². The van der Waals surface area contributed by atoms with Crippen LogP contribution in [0.25, 0.3) is 0 Å². The fraction of sp³-hybridized carbons (Fsp3) is 0.250. The molecular formula is C28H31N3O6S. The molecule has 4 heterocycles. The van der Waals surface area contributed by atoms with Gasteiger partial charge >= 0.3 is 0 Å². The Bertz CT molecular complexity index is 1380. The third-order valence-electron chi connectivity index (χ3n) is 6.53. The average molecular weight is 538 g/mol. The van der Waals surface area contributed by atoms with E-state index in [2.05, 4.69) is 4.99 Å². The Labute approximate surface area is 221 Å². The van der Waals surface area contributed by atoms with E-state index in [-0.39, 0.29) is 24.6 Å². The molecule has 3 aromatic carbocycles. The van der Waals surface area contributed by atoms with E-state index >= 15 is 0 Å². The van der Waals surface area contributed by atoms with Crippen LogP contribution in [0, 0.1) is 5.92 Å². The van der Waals surface area contributed by atoms with Crippen LogP contribution in [-0.2, 0) is 23.0 Å². The molecule has 4 atom stereocenters. The summed E-state index contributed by atoms with van der Waals surface area (Å²) in [5.41, 5.74) is 14.2. The zero-order chi connectivity index (χ0) is 27.3. The molecule has 7 N–H and O–H groups in total. The molecule has 4 aliphatic heterocycles. The van der Waals surface area contributed by atoms with E-state index in [4.69, 9.17) is 16.2 Å². The summed E-state index contributed by atoms with van der Waals surface area (Å²) in [6.45, 7) is 0. The molecule has 200 valence electrons. The van der Waals surface area contributed by atoms with Crippen molar-refractivity contribution in [3.05, 3.63) is 107 Å². The normalized spacial score (nSPS) is 20.8. The zero-order valence-corrected chi connectivity index (χ0v) is 21.4. The molecule has 4 unspecified atom stereocenters. The van der Waals surface area contributed by atoms with E-state index in [1.807, 2.05) is 24.3 Å². The van der Waals surface area contributed by atoms with Gasteiger partial charge in [-0.15, -0.1) is 0 Å². The summed E-state index contributed by atoms with van der Waals surface area (Å²) < 4.78 is 41.4. The summed E-state index contributed by atoms with van der Waals surface area (Å²) in [5, 5.41) is 19.1. The maximum Gasteiger partial charge on any atom is 0.268 e. The van der Waals surface area contributed by atoms with Crippen molar-refractivity contribution in [2.75, 3.05) is 0 Å². The highest BCUT2D eigenvalue weighted by atomic mass is 32.2. The van der Waals surface area contributed by atoms with Gasteiger partial charge in [0.25, 0.3) is 10.1 Å². The summed E-state index contributed by atoms with van der Waals surface area (Å²) >= 11 is 0. The fourth-order valence-corrected chi connectivity index (χ4v) is 5.55. The van der Waals surface area contributed by atoms with Crippen LogP contribution in [0.2, 0.25) is 0 Å². The second-order valence-corrected chi connectivity index (χ2v) is 10.9. The van der Waals surface area contributed by atoms with Crippen LogP contribution in [-0.4, -0.2) is 34.4 Å². The quantitative estimate of drug-likeness (QED) is 0.143. The number of aliphatic imine (C=N–C) groups is 1. The van der Waals surface area contributed by atoms with Crippen LogP contribution in [0.15, 0.2) is 89.9 Å². The van der Waals surface area contributed by atoms with Crippen molar-refractivity contribution in [3.8, 4) is 11.5 Å². The Kier molecular flexibility index (Phi) is 8.35. The third kappa shape index (κ3) is 7.12. The van der Waals surface area contributed by atoms with Crippen molar-refractivity contribution in [2.45, 2.75) is 36.8 Å². The highest BCUT2D eigenvalue weighted by Gasteiger charge is 2.31. The molecule has 0 amide bonds. The first-order valence-electron chi connectivity index (χ1n) is 12.1. The number of benzene rings is 3. The first kappa shape index (κ1) is 27.2. The lowest BCUT2D eigenvalue weighted by Gasteiger charge is -2.23. The molecule has 9 nitrogen and oxygen atoms in total. The van der Waals surface area contributed by atoms with Crippen LogP contribution >= 0.6 is 0 Å². The van der Waals surface area contributed by atoms with Crippen molar-refractivity contribution in [1.82, 2.24) is 0 Å². The molecular weight excluding hydrogens is 506 g/mol. The number of ether oxygens (including phenoxy) is 1. The number of phenols is 1. The number of rotatable bonds is 5. The summed E-state index contributed by atoms with van der Waals surface area (Å²) in [5.74, 6) is -0.154. The molecule has 0 saturated heterocycles. The third-order valence-corrected chi connectivity index (χ3v) is 7.88. The molecule has 3 aromatic rings. The Morgan fingerprint density at radius 1 is 0.974 bits per heavy atom. The van der Waals surface area contributed by atoms with E-state index in [1.165, 1.54) is 18.2 Å². The number of hydrogen-bond acceptors (Lipinski definition) is 6. The van der Waals surface area contributed by atoms with E-state index in [1.54, 1.807) is 42.5 Å². The maximum atomic E-state index is 12.6. The molecule has 10 heteroatoms. The van der Waals surface area contributed by atoms with E-state index in [0.717, 1.165) is 11.1 Å². The molecule has 7 rings (SSSR count). The van der Waals surface area contributed by atoms with Crippen LogP contribution in [0.1, 0.15) is 41.0 Å². The molecule has 4 bridgehead atoms. The maximum absolute atomic E-state index is 12.6. The first-order chi connectivity index (χ1) is 18.1. The largest absolute Gasteiger partial charge is 0.508 e. The zero-order valence-electron chi connectivity index (χ0n) is 20.6. The minimum Gasteiger partial charge on any atom is -0.508 e. The van der Waals surface area contributed by atoms with Gasteiger partial charge in [0.15, 0.2) is 5.96 Å². The van der Waals surface area contributed by atoms with E-state index in [0.29, 0.717) is 23.3 Å². The highest BCUT2D eigenvalue weighted by Crippen LogP contribution is 2.29. The molecule has 0 radical (unpaired) electrons. The highest BCUT2D eigenvalue weighted by molar-refractivity contribution is 7.86. The van der Waals surface area contributed by atoms with Crippen LogP contribution in [0.3, 0.4) is 0 Å². The monoisotopic (exact) mass is 537 g/mol. The first-order valence-corrected chi connectivity index (χ1v) is 13.6. The second kappa shape index (κ2) is 11.7. The van der Waals surface area contributed by atoms with Gasteiger partial charge in [0, 0.05) is 11.5 Å². The van der Waals surface area contributed by atoms with Gasteiger partial charge in [-0.25, -0.2) is 4.99 Å². The Hall–Kier alpha value is -3.86. The Balaban J connectivity index is 1.73. The SMILES string of the molecule is NC(N)=NC1Oc2ccc(cc2)CCC(S(=O)(=O)O)C(C=CC(O)c2ccc(O)cc2)Cc2ccc1cc2. The number of guanidine groups is 1. The summed E-state index contributed by atoms with van der Waals surface area (Å²) in [7, 11) is -4.43. The number of aliphatic hydroxyl groups excluding tert-OH is 1. The number of nitrogens with zero attached hydrogens (tertiary/aromatic N) is 1. The number of aryl methyl sites for hydroxylation is 1. The molecule has 0 fully saturated rings. The molecule has 0 spiro atoms. The number of hydrogen-bond donors (Lipinski definition) is 5. The number of aliphatic hydroxyl groups is 1. The Morgan fingerprint density at radius 2 is 1.61 bits per heavy atom. The van der Waals surface area contributed by atoms with Gasteiger partial charge in [-0.3, -0.25) is 4.55 Å². The predicted molar refractivity (Wildman–Crippen MR) is 145 cm³/mol. The van der Waals surface area contributed by atoms with Crippen molar-refractivity contribution < 1.29 is 27.9 Å². The summed E-state index contributed by atoms with van der Waals surface area (Å²) in [6, 6.07) is 20.5. The van der Waals surface area contributed by atoms with E-state index < -0.39 is 33.6 Å². The lowest BCUT2D eigenvalue weighted by molar-refractivity contribution is 0.216. The standard InChI is InChI=1S/C28H31N3O6S/c29-28(30)31-27-21-6-1-19(2-7-21)17-22(10-15-25(33)20-8-11-23(32)12-9-20)26(38(34,35)36)16-5-18-3-13-24(37-27)14-4-18/h1-4,6-15,22,25-27,32-33H,5,16-17H2,(H4,29,30,31)(H,34,35,36). The fourth-order valence-electron chi connectivity index (χ4n) is 4.51. The lowest BCUT2D eigenvalue weighted by Crippen LogP contribution is -2.30. The van der Waals surface area contributed by atoms with Crippen molar-refractivity contribution >= 4 is 16.1 Å². The van der Waals surface area contributed by atoms with Gasteiger partial charge < -0.3 is 26.4 Å². The molecule has 38 heavy (non-hydrogen) atoms. The average Bonchev–Trinajstić information content (AvgIpc) is 2.88. The Morgan fingerprint density at radius 3 is 2.21 bits per heavy atom. The van der Waals surface area contributed by atoms with Crippen molar-refractivity contribution in [1.29, 1.82) is 0 Å². The topological polar surface area (TPSA) is 168 Å². The molecule has 0 aromatic heterocycles. The van der Waals surface area contributed by atoms with Crippen molar-refractivity contribution in [3.63, 3.8) is 0 Å². The molecule has 4 aliphatic rings. The van der Waals surface area contributed by atoms with Gasteiger partial charge in [0.2, 0.25) is 6.23 Å². The van der Waals surface area contributed by atoms with Gasteiger partial charge in [-0.2, -0.15) is 8.42 Å². The second-order valence-electron chi connectivity index (χ2n) is 9.29. The molecule has 0 saturated carbocycles. The minimum atomic E-state index is -4.43. The minimum absolute atomic E-state index is 0.0714. The predicted octanol–water partition coefficient (Wildman–Crippen LogP) is 3.39. The lowest BCUT2D eigenvalue weighted by atomic mass is 9.91.